The lowest BCUT2D eigenvalue weighted by Crippen LogP contribution is -2.13. The summed E-state index contributed by atoms with van der Waals surface area (Å²) in [7, 11) is 0. The molecule has 2 aromatic rings. The number of ether oxygens (including phenoxy) is 1. The van der Waals surface area contributed by atoms with E-state index in [4.69, 9.17) is 22.0 Å². The molecule has 100 valence electrons. The van der Waals surface area contributed by atoms with Gasteiger partial charge in [0.2, 0.25) is 0 Å². The highest BCUT2D eigenvalue weighted by Crippen LogP contribution is 2.30. The lowest BCUT2D eigenvalue weighted by molar-refractivity contribution is 0.308. The van der Waals surface area contributed by atoms with Crippen molar-refractivity contribution in [3.63, 3.8) is 0 Å². The monoisotopic (exact) mass is 323 g/mol. The highest BCUT2D eigenvalue weighted by molar-refractivity contribution is 9.10. The van der Waals surface area contributed by atoms with E-state index in [0.29, 0.717) is 23.9 Å². The van der Waals surface area contributed by atoms with Crippen LogP contribution in [0.1, 0.15) is 5.56 Å². The molecule has 0 aliphatic carbocycles. The van der Waals surface area contributed by atoms with Gasteiger partial charge in [0.25, 0.3) is 0 Å². The fraction of sp³-hybridized carbons (Fsp3) is 0.0833. The SMILES string of the molecule is NNc1nc(N)cc(OCc2cccc(Br)c2)c1N. The van der Waals surface area contributed by atoms with E-state index in [1.807, 2.05) is 24.3 Å². The first kappa shape index (κ1) is 13.4. The van der Waals surface area contributed by atoms with Crippen molar-refractivity contribution in [2.24, 2.45) is 5.84 Å². The Hall–Kier alpha value is -1.99. The van der Waals surface area contributed by atoms with Crippen molar-refractivity contribution < 1.29 is 4.74 Å². The van der Waals surface area contributed by atoms with Crippen LogP contribution in [0.3, 0.4) is 0 Å². The fourth-order valence-electron chi connectivity index (χ4n) is 1.57. The maximum atomic E-state index is 5.86. The Kier molecular flexibility index (Phi) is 4.08. The van der Waals surface area contributed by atoms with Gasteiger partial charge in [-0.15, -0.1) is 0 Å². The van der Waals surface area contributed by atoms with E-state index in [2.05, 4.69) is 26.3 Å². The van der Waals surface area contributed by atoms with Gasteiger partial charge in [-0.3, -0.25) is 0 Å². The molecule has 1 heterocycles. The van der Waals surface area contributed by atoms with E-state index in [1.165, 1.54) is 0 Å². The number of benzene rings is 1. The molecule has 6 nitrogen and oxygen atoms in total. The van der Waals surface area contributed by atoms with Crippen molar-refractivity contribution in [2.75, 3.05) is 16.9 Å². The van der Waals surface area contributed by atoms with Crippen LogP contribution in [0, 0.1) is 0 Å². The zero-order valence-electron chi connectivity index (χ0n) is 10.1. The van der Waals surface area contributed by atoms with Crippen molar-refractivity contribution in [3.8, 4) is 5.75 Å². The minimum Gasteiger partial charge on any atom is -0.486 e. The van der Waals surface area contributed by atoms with Crippen molar-refractivity contribution >= 4 is 33.3 Å². The Labute approximate surface area is 119 Å². The number of hydrogen-bond acceptors (Lipinski definition) is 6. The van der Waals surface area contributed by atoms with Gasteiger partial charge in [0.05, 0.1) is 0 Å². The molecule has 0 bridgehead atoms. The molecule has 1 aromatic carbocycles. The van der Waals surface area contributed by atoms with Gasteiger partial charge in [0, 0.05) is 10.5 Å². The van der Waals surface area contributed by atoms with Crippen LogP contribution in [0.25, 0.3) is 0 Å². The number of rotatable bonds is 4. The molecule has 19 heavy (non-hydrogen) atoms. The normalized spacial score (nSPS) is 10.2. The summed E-state index contributed by atoms with van der Waals surface area (Å²) in [5.74, 6) is 6.33. The molecule has 0 aliphatic rings. The molecular weight excluding hydrogens is 310 g/mol. The molecule has 0 spiro atoms. The Morgan fingerprint density at radius 3 is 2.74 bits per heavy atom. The van der Waals surface area contributed by atoms with Gasteiger partial charge in [-0.25, -0.2) is 10.8 Å². The predicted octanol–water partition coefficient (Wildman–Crippen LogP) is 1.87. The van der Waals surface area contributed by atoms with E-state index in [1.54, 1.807) is 6.07 Å². The fourth-order valence-corrected chi connectivity index (χ4v) is 2.01. The first-order valence-electron chi connectivity index (χ1n) is 5.50. The van der Waals surface area contributed by atoms with Gasteiger partial charge in [-0.05, 0) is 17.7 Å². The minimum atomic E-state index is 0.284. The van der Waals surface area contributed by atoms with E-state index in [0.717, 1.165) is 10.0 Å². The number of halogens is 1. The lowest BCUT2D eigenvalue weighted by Gasteiger charge is -2.12. The van der Waals surface area contributed by atoms with E-state index >= 15 is 0 Å². The van der Waals surface area contributed by atoms with E-state index in [9.17, 15) is 0 Å². The average Bonchev–Trinajstić information content (AvgIpc) is 2.39. The molecule has 0 aliphatic heterocycles. The average molecular weight is 324 g/mol. The van der Waals surface area contributed by atoms with Crippen molar-refractivity contribution in [1.82, 2.24) is 4.98 Å². The summed E-state index contributed by atoms with van der Waals surface area (Å²) in [4.78, 5) is 3.95. The molecule has 0 atom stereocenters. The second-order valence-corrected chi connectivity index (χ2v) is 4.79. The molecule has 7 heteroatoms. The van der Waals surface area contributed by atoms with Gasteiger partial charge in [0.15, 0.2) is 5.82 Å². The number of anilines is 3. The Morgan fingerprint density at radius 1 is 1.26 bits per heavy atom. The smallest absolute Gasteiger partial charge is 0.169 e. The van der Waals surface area contributed by atoms with Crippen LogP contribution in [0.15, 0.2) is 34.8 Å². The summed E-state index contributed by atoms with van der Waals surface area (Å²) < 4.78 is 6.63. The summed E-state index contributed by atoms with van der Waals surface area (Å²) in [5.41, 5.74) is 15.2. The Balaban J connectivity index is 2.17. The van der Waals surface area contributed by atoms with Crippen LogP contribution in [0.5, 0.6) is 5.75 Å². The zero-order valence-corrected chi connectivity index (χ0v) is 11.6. The van der Waals surface area contributed by atoms with Crippen molar-refractivity contribution in [2.45, 2.75) is 6.61 Å². The van der Waals surface area contributed by atoms with Gasteiger partial charge in [0.1, 0.15) is 23.9 Å². The van der Waals surface area contributed by atoms with Crippen LogP contribution in [-0.4, -0.2) is 4.98 Å². The zero-order chi connectivity index (χ0) is 13.8. The molecule has 0 fully saturated rings. The molecular formula is C12H14BrN5O. The maximum absolute atomic E-state index is 5.86. The van der Waals surface area contributed by atoms with Crippen LogP contribution >= 0.6 is 15.9 Å². The minimum absolute atomic E-state index is 0.284. The molecule has 7 N–H and O–H groups in total. The number of nitrogens with zero attached hydrogens (tertiary/aromatic N) is 1. The van der Waals surface area contributed by atoms with Gasteiger partial charge < -0.3 is 21.6 Å². The van der Waals surface area contributed by atoms with E-state index in [-0.39, 0.29) is 5.82 Å². The standard InChI is InChI=1S/C12H14BrN5O/c13-8-3-1-2-7(4-8)6-19-9-5-10(14)17-12(18-16)11(9)15/h1-5H,6,15-16H2,(H3,14,17,18). The number of nitrogens with two attached hydrogens (primary N) is 3. The molecule has 0 radical (unpaired) electrons. The molecule has 0 saturated heterocycles. The number of aromatic nitrogens is 1. The maximum Gasteiger partial charge on any atom is 0.169 e. The first-order chi connectivity index (χ1) is 9.10. The van der Waals surface area contributed by atoms with Crippen molar-refractivity contribution in [3.05, 3.63) is 40.4 Å². The quantitative estimate of drug-likeness (QED) is 0.504. The summed E-state index contributed by atoms with van der Waals surface area (Å²) in [6.07, 6.45) is 0. The number of pyridine rings is 1. The third-order valence-corrected chi connectivity index (χ3v) is 2.95. The third-order valence-electron chi connectivity index (χ3n) is 2.46. The molecule has 0 saturated carbocycles. The second-order valence-electron chi connectivity index (χ2n) is 3.87. The second kappa shape index (κ2) is 5.77. The van der Waals surface area contributed by atoms with Gasteiger partial charge in [-0.1, -0.05) is 28.1 Å². The lowest BCUT2D eigenvalue weighted by atomic mass is 10.2. The number of hydrazine groups is 1. The van der Waals surface area contributed by atoms with Crippen molar-refractivity contribution in [1.29, 1.82) is 0 Å². The topological polar surface area (TPSA) is 112 Å². The molecule has 0 unspecified atom stereocenters. The van der Waals surface area contributed by atoms with Gasteiger partial charge >= 0.3 is 0 Å². The Bertz CT molecular complexity index is 590. The van der Waals surface area contributed by atoms with Crippen LogP contribution in [0.2, 0.25) is 0 Å². The number of nitrogen functional groups attached to an aromatic ring is 3. The summed E-state index contributed by atoms with van der Waals surface area (Å²) in [6, 6.07) is 9.35. The molecule has 0 amide bonds. The predicted molar refractivity (Wildman–Crippen MR) is 79.3 cm³/mol. The molecule has 2 rings (SSSR count). The van der Waals surface area contributed by atoms with Crippen LogP contribution in [-0.2, 0) is 6.61 Å². The Morgan fingerprint density at radius 2 is 2.05 bits per heavy atom. The largest absolute Gasteiger partial charge is 0.486 e. The summed E-state index contributed by atoms with van der Waals surface area (Å²) in [6.45, 7) is 0.372. The van der Waals surface area contributed by atoms with E-state index < -0.39 is 0 Å². The first-order valence-corrected chi connectivity index (χ1v) is 6.29. The van der Waals surface area contributed by atoms with Crippen LogP contribution < -0.4 is 27.5 Å². The summed E-state index contributed by atoms with van der Waals surface area (Å²) >= 11 is 3.40. The van der Waals surface area contributed by atoms with Gasteiger partial charge in [-0.2, -0.15) is 0 Å². The number of nitrogens with one attached hydrogen (secondary N) is 1. The third kappa shape index (κ3) is 3.27. The highest BCUT2D eigenvalue weighted by Gasteiger charge is 2.09. The highest BCUT2D eigenvalue weighted by atomic mass is 79.9. The number of hydrogen-bond donors (Lipinski definition) is 4. The van der Waals surface area contributed by atoms with Crippen LogP contribution in [0.4, 0.5) is 17.3 Å². The summed E-state index contributed by atoms with van der Waals surface area (Å²) in [5, 5.41) is 0. The molecule has 1 aromatic heterocycles.